The van der Waals surface area contributed by atoms with Gasteiger partial charge in [-0.1, -0.05) is 11.6 Å². The summed E-state index contributed by atoms with van der Waals surface area (Å²) in [6.45, 7) is 0.470. The maximum absolute atomic E-state index is 13.0. The van der Waals surface area contributed by atoms with E-state index in [1.807, 2.05) is 0 Å². The van der Waals surface area contributed by atoms with Crippen LogP contribution in [0.5, 0.6) is 0 Å². The van der Waals surface area contributed by atoms with Crippen LogP contribution in [-0.2, 0) is 4.79 Å². The Labute approximate surface area is 99.2 Å². The van der Waals surface area contributed by atoms with Gasteiger partial charge in [0.05, 0.1) is 5.02 Å². The van der Waals surface area contributed by atoms with Gasteiger partial charge in [-0.2, -0.15) is 0 Å². The van der Waals surface area contributed by atoms with Crippen LogP contribution in [-0.4, -0.2) is 31.4 Å². The zero-order valence-corrected chi connectivity index (χ0v) is 10.0. The summed E-state index contributed by atoms with van der Waals surface area (Å²) in [4.78, 5) is 12.8. The Balaban J connectivity index is 2.43. The minimum Gasteiger partial charge on any atom is -0.384 e. The molecule has 16 heavy (non-hydrogen) atoms. The highest BCUT2D eigenvalue weighted by Crippen LogP contribution is 2.18. The number of hydrogen-bond acceptors (Lipinski definition) is 2. The first-order valence-corrected chi connectivity index (χ1v) is 5.27. The minimum atomic E-state index is -0.467. The van der Waals surface area contributed by atoms with Crippen molar-refractivity contribution >= 4 is 23.2 Å². The number of anilines is 1. The standard InChI is InChI=1S/C11H14ClFN2O/c1-15(2)11(16)5-6-14-8-3-4-9(12)10(13)7-8/h3-4,7,14H,5-6H2,1-2H3. The molecular weight excluding hydrogens is 231 g/mol. The molecule has 3 nitrogen and oxygen atoms in total. The molecule has 1 rings (SSSR count). The molecule has 0 aliphatic rings. The van der Waals surface area contributed by atoms with E-state index in [2.05, 4.69) is 5.32 Å². The lowest BCUT2D eigenvalue weighted by Crippen LogP contribution is -2.23. The molecule has 0 atom stereocenters. The van der Waals surface area contributed by atoms with E-state index in [1.54, 1.807) is 20.2 Å². The largest absolute Gasteiger partial charge is 0.384 e. The van der Waals surface area contributed by atoms with E-state index in [4.69, 9.17) is 11.6 Å². The Bertz CT molecular complexity index is 382. The average molecular weight is 245 g/mol. The van der Waals surface area contributed by atoms with Crippen LogP contribution in [0.2, 0.25) is 5.02 Å². The molecule has 0 saturated carbocycles. The Morgan fingerprint density at radius 1 is 1.50 bits per heavy atom. The van der Waals surface area contributed by atoms with Crippen LogP contribution in [0.25, 0.3) is 0 Å². The summed E-state index contributed by atoms with van der Waals surface area (Å²) in [6.07, 6.45) is 0.372. The Morgan fingerprint density at radius 2 is 2.19 bits per heavy atom. The number of nitrogens with zero attached hydrogens (tertiary/aromatic N) is 1. The van der Waals surface area contributed by atoms with Crippen molar-refractivity contribution in [2.24, 2.45) is 0 Å². The number of benzene rings is 1. The fourth-order valence-corrected chi connectivity index (χ4v) is 1.26. The first-order valence-electron chi connectivity index (χ1n) is 4.90. The molecule has 0 spiro atoms. The summed E-state index contributed by atoms with van der Waals surface area (Å²) in [7, 11) is 3.40. The zero-order valence-electron chi connectivity index (χ0n) is 9.26. The lowest BCUT2D eigenvalue weighted by atomic mass is 10.3. The Kier molecular flexibility index (Phi) is 4.55. The third kappa shape index (κ3) is 3.70. The van der Waals surface area contributed by atoms with Crippen molar-refractivity contribution in [2.45, 2.75) is 6.42 Å². The van der Waals surface area contributed by atoms with Gasteiger partial charge in [0.25, 0.3) is 0 Å². The molecule has 0 aromatic heterocycles. The van der Waals surface area contributed by atoms with Crippen LogP contribution < -0.4 is 5.32 Å². The summed E-state index contributed by atoms with van der Waals surface area (Å²) in [6, 6.07) is 4.46. The predicted octanol–water partition coefficient (Wildman–Crippen LogP) is 2.37. The molecule has 88 valence electrons. The van der Waals surface area contributed by atoms with Crippen molar-refractivity contribution in [3.8, 4) is 0 Å². The average Bonchev–Trinajstić information content (AvgIpc) is 2.23. The molecule has 1 N–H and O–H groups in total. The fourth-order valence-electron chi connectivity index (χ4n) is 1.14. The highest BCUT2D eigenvalue weighted by Gasteiger charge is 2.04. The highest BCUT2D eigenvalue weighted by atomic mass is 35.5. The van der Waals surface area contributed by atoms with Crippen molar-refractivity contribution < 1.29 is 9.18 Å². The zero-order chi connectivity index (χ0) is 12.1. The third-order valence-electron chi connectivity index (χ3n) is 2.09. The quantitative estimate of drug-likeness (QED) is 0.882. The summed E-state index contributed by atoms with van der Waals surface area (Å²) in [5, 5.41) is 3.04. The van der Waals surface area contributed by atoms with Gasteiger partial charge < -0.3 is 10.2 Å². The molecule has 1 amide bonds. The topological polar surface area (TPSA) is 32.3 Å². The van der Waals surface area contributed by atoms with Crippen LogP contribution in [0.4, 0.5) is 10.1 Å². The second kappa shape index (κ2) is 5.70. The molecular formula is C11H14ClFN2O. The van der Waals surface area contributed by atoms with E-state index in [0.717, 1.165) is 0 Å². The molecule has 1 aromatic carbocycles. The summed E-state index contributed by atoms with van der Waals surface area (Å²) < 4.78 is 13.0. The summed E-state index contributed by atoms with van der Waals surface area (Å²) in [5.74, 6) is -0.437. The van der Waals surface area contributed by atoms with Gasteiger partial charge in [0.1, 0.15) is 5.82 Å². The summed E-state index contributed by atoms with van der Waals surface area (Å²) in [5.41, 5.74) is 0.619. The van der Waals surface area contributed by atoms with Gasteiger partial charge in [0, 0.05) is 32.7 Å². The van der Waals surface area contributed by atoms with Crippen molar-refractivity contribution in [2.75, 3.05) is 26.0 Å². The van der Waals surface area contributed by atoms with Crippen molar-refractivity contribution in [1.29, 1.82) is 0 Å². The molecule has 0 radical (unpaired) electrons. The van der Waals surface area contributed by atoms with Crippen LogP contribution in [0.15, 0.2) is 18.2 Å². The minimum absolute atomic E-state index is 0.0296. The Hall–Kier alpha value is -1.29. The van der Waals surface area contributed by atoms with E-state index in [9.17, 15) is 9.18 Å². The second-order valence-electron chi connectivity index (χ2n) is 3.59. The van der Waals surface area contributed by atoms with Crippen molar-refractivity contribution in [1.82, 2.24) is 4.90 Å². The lowest BCUT2D eigenvalue weighted by Gasteiger charge is -2.11. The maximum atomic E-state index is 13.0. The molecule has 0 unspecified atom stereocenters. The molecule has 0 bridgehead atoms. The van der Waals surface area contributed by atoms with E-state index >= 15 is 0 Å². The first-order chi connectivity index (χ1) is 7.50. The fraction of sp³-hybridized carbons (Fsp3) is 0.364. The molecule has 0 saturated heterocycles. The van der Waals surface area contributed by atoms with Gasteiger partial charge in [-0.15, -0.1) is 0 Å². The number of hydrogen-bond donors (Lipinski definition) is 1. The Morgan fingerprint density at radius 3 is 2.75 bits per heavy atom. The monoisotopic (exact) mass is 244 g/mol. The van der Waals surface area contributed by atoms with Crippen molar-refractivity contribution in [3.63, 3.8) is 0 Å². The van der Waals surface area contributed by atoms with Crippen LogP contribution in [0.1, 0.15) is 6.42 Å². The second-order valence-corrected chi connectivity index (χ2v) is 4.00. The van der Waals surface area contributed by atoms with E-state index in [0.29, 0.717) is 18.7 Å². The van der Waals surface area contributed by atoms with Gasteiger partial charge in [0.2, 0.25) is 5.91 Å². The normalized spacial score (nSPS) is 10.0. The summed E-state index contributed by atoms with van der Waals surface area (Å²) >= 11 is 5.54. The number of carbonyl (C=O) groups excluding carboxylic acids is 1. The molecule has 0 heterocycles. The first kappa shape index (κ1) is 12.8. The molecule has 0 aliphatic carbocycles. The number of amides is 1. The number of nitrogens with one attached hydrogen (secondary N) is 1. The molecule has 1 aromatic rings. The smallest absolute Gasteiger partial charge is 0.223 e. The third-order valence-corrected chi connectivity index (χ3v) is 2.39. The van der Waals surface area contributed by atoms with E-state index in [-0.39, 0.29) is 10.9 Å². The maximum Gasteiger partial charge on any atom is 0.223 e. The molecule has 5 heteroatoms. The number of carbonyl (C=O) groups is 1. The number of rotatable bonds is 4. The van der Waals surface area contributed by atoms with Gasteiger partial charge in [0.15, 0.2) is 0 Å². The predicted molar refractivity (Wildman–Crippen MR) is 63.2 cm³/mol. The van der Waals surface area contributed by atoms with Gasteiger partial charge in [-0.25, -0.2) is 4.39 Å². The van der Waals surface area contributed by atoms with Gasteiger partial charge in [-0.05, 0) is 18.2 Å². The molecule has 0 fully saturated rings. The lowest BCUT2D eigenvalue weighted by molar-refractivity contribution is -0.128. The van der Waals surface area contributed by atoms with Crippen LogP contribution >= 0.6 is 11.6 Å². The van der Waals surface area contributed by atoms with Crippen molar-refractivity contribution in [3.05, 3.63) is 29.0 Å². The van der Waals surface area contributed by atoms with E-state index in [1.165, 1.54) is 17.0 Å². The highest BCUT2D eigenvalue weighted by molar-refractivity contribution is 6.30. The van der Waals surface area contributed by atoms with E-state index < -0.39 is 5.82 Å². The molecule has 0 aliphatic heterocycles. The van der Waals surface area contributed by atoms with Crippen LogP contribution in [0, 0.1) is 5.82 Å². The van der Waals surface area contributed by atoms with Crippen LogP contribution in [0.3, 0.4) is 0 Å². The number of halogens is 2. The van der Waals surface area contributed by atoms with Gasteiger partial charge >= 0.3 is 0 Å². The SMILES string of the molecule is CN(C)C(=O)CCNc1ccc(Cl)c(F)c1. The van der Waals surface area contributed by atoms with Gasteiger partial charge in [-0.3, -0.25) is 4.79 Å².